The number of nitrogens with zero attached hydrogens (tertiary/aromatic N) is 4. The lowest BCUT2D eigenvalue weighted by Gasteiger charge is -2.15. The molecule has 0 aliphatic carbocycles. The van der Waals surface area contributed by atoms with Crippen molar-refractivity contribution >= 4 is 5.57 Å². The van der Waals surface area contributed by atoms with Crippen molar-refractivity contribution in [3.63, 3.8) is 0 Å². The SMILES string of the molecule is C=C/C(=C(C)/C=C\C)c1ccc(C(C)O)c(-n2nc(C#N)cc2C)n1. The Hall–Kier alpha value is -2.97. The first-order valence-electron chi connectivity index (χ1n) is 8.05. The zero-order valence-electron chi connectivity index (χ0n) is 15.0. The Morgan fingerprint density at radius 2 is 2.16 bits per heavy atom. The van der Waals surface area contributed by atoms with Gasteiger partial charge in [0.25, 0.3) is 0 Å². The zero-order chi connectivity index (χ0) is 18.6. The van der Waals surface area contributed by atoms with Crippen LogP contribution in [0.3, 0.4) is 0 Å². The summed E-state index contributed by atoms with van der Waals surface area (Å²) in [5.74, 6) is 0.513. The Balaban J connectivity index is 2.73. The Morgan fingerprint density at radius 1 is 1.44 bits per heavy atom. The summed E-state index contributed by atoms with van der Waals surface area (Å²) in [4.78, 5) is 4.72. The van der Waals surface area contributed by atoms with E-state index in [2.05, 4.69) is 11.7 Å². The van der Waals surface area contributed by atoms with E-state index in [-0.39, 0.29) is 0 Å². The van der Waals surface area contributed by atoms with Crippen LogP contribution in [-0.2, 0) is 0 Å². The van der Waals surface area contributed by atoms with Crippen LogP contribution in [-0.4, -0.2) is 19.9 Å². The van der Waals surface area contributed by atoms with E-state index in [0.717, 1.165) is 22.5 Å². The maximum absolute atomic E-state index is 10.1. The van der Waals surface area contributed by atoms with Crippen LogP contribution in [0, 0.1) is 18.3 Å². The molecule has 0 saturated carbocycles. The molecule has 2 heterocycles. The average molecular weight is 334 g/mol. The van der Waals surface area contributed by atoms with Gasteiger partial charge in [-0.1, -0.05) is 30.9 Å². The van der Waals surface area contributed by atoms with Crippen molar-refractivity contribution in [3.05, 3.63) is 71.2 Å². The van der Waals surface area contributed by atoms with Crippen molar-refractivity contribution in [1.29, 1.82) is 5.26 Å². The minimum atomic E-state index is -0.710. The Kier molecular flexibility index (Phi) is 5.68. The van der Waals surface area contributed by atoms with Gasteiger partial charge >= 0.3 is 0 Å². The number of rotatable bonds is 5. The molecule has 0 aromatic carbocycles. The highest BCUT2D eigenvalue weighted by atomic mass is 16.3. The van der Waals surface area contributed by atoms with E-state index >= 15 is 0 Å². The second-order valence-electron chi connectivity index (χ2n) is 5.78. The first-order chi connectivity index (χ1) is 11.9. The van der Waals surface area contributed by atoms with Gasteiger partial charge in [-0.2, -0.15) is 10.4 Å². The molecule has 0 aliphatic rings. The fraction of sp³-hybridized carbons (Fsp3) is 0.250. The molecular weight excluding hydrogens is 312 g/mol. The second kappa shape index (κ2) is 7.73. The van der Waals surface area contributed by atoms with Gasteiger partial charge in [-0.3, -0.25) is 0 Å². The standard InChI is InChI=1S/C20H22N4O/c1-6-8-13(3)17(7-2)19-10-9-18(15(5)25)20(22-19)24-14(4)11-16(12-21)23-24/h6-11,15,25H,2H2,1,3-5H3/b8-6-,17-13-. The molecule has 1 unspecified atom stereocenters. The molecule has 25 heavy (non-hydrogen) atoms. The van der Waals surface area contributed by atoms with Crippen molar-refractivity contribution in [2.75, 3.05) is 0 Å². The Bertz CT molecular complexity index is 895. The number of aryl methyl sites for hydroxylation is 1. The lowest BCUT2D eigenvalue weighted by molar-refractivity contribution is 0.198. The third-order valence-electron chi connectivity index (χ3n) is 3.88. The van der Waals surface area contributed by atoms with Crippen molar-refractivity contribution < 1.29 is 5.11 Å². The Labute approximate surface area is 148 Å². The van der Waals surface area contributed by atoms with Crippen LogP contribution in [0.5, 0.6) is 0 Å². The molecule has 0 saturated heterocycles. The van der Waals surface area contributed by atoms with Gasteiger partial charge in [0.2, 0.25) is 0 Å². The number of aromatic nitrogens is 3. The number of aliphatic hydroxyl groups excluding tert-OH is 1. The van der Waals surface area contributed by atoms with Crippen molar-refractivity contribution in [3.8, 4) is 11.9 Å². The average Bonchev–Trinajstić information content (AvgIpc) is 2.96. The van der Waals surface area contributed by atoms with Crippen LogP contribution < -0.4 is 0 Å². The molecule has 0 fully saturated rings. The highest BCUT2D eigenvalue weighted by Crippen LogP contribution is 2.26. The van der Waals surface area contributed by atoms with Gasteiger partial charge in [-0.25, -0.2) is 9.67 Å². The topological polar surface area (TPSA) is 74.7 Å². The summed E-state index contributed by atoms with van der Waals surface area (Å²) in [5, 5.41) is 23.5. The molecule has 5 nitrogen and oxygen atoms in total. The lowest BCUT2D eigenvalue weighted by Crippen LogP contribution is -2.10. The van der Waals surface area contributed by atoms with Gasteiger partial charge in [-0.05, 0) is 45.4 Å². The Morgan fingerprint density at radius 3 is 2.68 bits per heavy atom. The number of aliphatic hydroxyl groups is 1. The van der Waals surface area contributed by atoms with Crippen molar-refractivity contribution in [1.82, 2.24) is 14.8 Å². The van der Waals surface area contributed by atoms with Gasteiger partial charge in [0.15, 0.2) is 11.5 Å². The third kappa shape index (κ3) is 3.76. The summed E-state index contributed by atoms with van der Waals surface area (Å²) in [6.07, 6.45) is 5.01. The summed E-state index contributed by atoms with van der Waals surface area (Å²) >= 11 is 0. The minimum absolute atomic E-state index is 0.311. The van der Waals surface area contributed by atoms with Crippen LogP contribution in [0.2, 0.25) is 0 Å². The van der Waals surface area contributed by atoms with E-state index in [4.69, 9.17) is 10.2 Å². The predicted octanol–water partition coefficient (Wildman–Crippen LogP) is 4.04. The van der Waals surface area contributed by atoms with E-state index in [1.54, 1.807) is 23.7 Å². The normalized spacial score (nSPS) is 13.4. The summed E-state index contributed by atoms with van der Waals surface area (Å²) in [6, 6.07) is 7.42. The third-order valence-corrected chi connectivity index (χ3v) is 3.88. The smallest absolute Gasteiger partial charge is 0.163 e. The fourth-order valence-electron chi connectivity index (χ4n) is 2.66. The molecule has 2 aromatic rings. The van der Waals surface area contributed by atoms with Gasteiger partial charge in [0.1, 0.15) is 6.07 Å². The fourth-order valence-corrected chi connectivity index (χ4v) is 2.66. The molecule has 128 valence electrons. The van der Waals surface area contributed by atoms with Crippen LogP contribution in [0.25, 0.3) is 11.4 Å². The number of hydrogen-bond donors (Lipinski definition) is 1. The first-order valence-corrected chi connectivity index (χ1v) is 8.05. The molecule has 1 atom stereocenters. The van der Waals surface area contributed by atoms with Gasteiger partial charge in [0.05, 0.1) is 11.8 Å². The maximum Gasteiger partial charge on any atom is 0.163 e. The number of allylic oxidation sites excluding steroid dienone is 5. The van der Waals surface area contributed by atoms with Crippen molar-refractivity contribution in [2.45, 2.75) is 33.8 Å². The van der Waals surface area contributed by atoms with Crippen LogP contribution in [0.1, 0.15) is 49.5 Å². The zero-order valence-corrected chi connectivity index (χ0v) is 15.0. The molecule has 2 aromatic heterocycles. The molecule has 2 rings (SSSR count). The molecule has 0 aliphatic heterocycles. The largest absolute Gasteiger partial charge is 0.389 e. The van der Waals surface area contributed by atoms with E-state index in [1.165, 1.54) is 0 Å². The van der Waals surface area contributed by atoms with Gasteiger partial charge in [0, 0.05) is 16.8 Å². The molecule has 0 amide bonds. The van der Waals surface area contributed by atoms with E-state index in [0.29, 0.717) is 17.1 Å². The summed E-state index contributed by atoms with van der Waals surface area (Å²) in [6.45, 7) is 11.4. The van der Waals surface area contributed by atoms with E-state index < -0.39 is 6.10 Å². The van der Waals surface area contributed by atoms with Gasteiger partial charge < -0.3 is 5.11 Å². The quantitative estimate of drug-likeness (QED) is 0.838. The number of nitriles is 1. The van der Waals surface area contributed by atoms with E-state index in [9.17, 15) is 5.11 Å². The highest BCUT2D eigenvalue weighted by Gasteiger charge is 2.17. The summed E-state index contributed by atoms with van der Waals surface area (Å²) < 4.78 is 1.59. The summed E-state index contributed by atoms with van der Waals surface area (Å²) in [5.41, 5.74) is 4.41. The molecule has 0 spiro atoms. The van der Waals surface area contributed by atoms with Crippen LogP contribution >= 0.6 is 0 Å². The minimum Gasteiger partial charge on any atom is -0.389 e. The molecule has 0 radical (unpaired) electrons. The molecule has 1 N–H and O–H groups in total. The van der Waals surface area contributed by atoms with Crippen LogP contribution in [0.15, 0.2) is 48.6 Å². The highest BCUT2D eigenvalue weighted by molar-refractivity contribution is 5.76. The second-order valence-corrected chi connectivity index (χ2v) is 5.78. The predicted molar refractivity (Wildman–Crippen MR) is 99.0 cm³/mol. The molecule has 5 heteroatoms. The maximum atomic E-state index is 10.1. The number of pyridine rings is 1. The lowest BCUT2D eigenvalue weighted by atomic mass is 10.0. The van der Waals surface area contributed by atoms with E-state index in [1.807, 2.05) is 51.1 Å². The summed E-state index contributed by atoms with van der Waals surface area (Å²) in [7, 11) is 0. The van der Waals surface area contributed by atoms with Crippen molar-refractivity contribution in [2.24, 2.45) is 0 Å². The van der Waals surface area contributed by atoms with Gasteiger partial charge in [-0.15, -0.1) is 0 Å². The molecular formula is C20H22N4O. The molecule has 0 bridgehead atoms. The number of hydrogen-bond acceptors (Lipinski definition) is 4. The van der Waals surface area contributed by atoms with Crippen LogP contribution in [0.4, 0.5) is 0 Å². The first kappa shape index (κ1) is 18.4. The monoisotopic (exact) mass is 334 g/mol.